The molecule has 182 valence electrons. The SMILES string of the molecule is CC(C)CCC[C@@H](C)[C@H]1CC=C2C3=C(CC[C@@]21C)[C@@]1(C)CC[C@H](O)C(CC(C)C)C1CC3. The molecule has 1 heteroatoms. The van der Waals surface area contributed by atoms with Gasteiger partial charge in [0.2, 0.25) is 0 Å². The van der Waals surface area contributed by atoms with Gasteiger partial charge in [-0.15, -0.1) is 0 Å². The van der Waals surface area contributed by atoms with Crippen LogP contribution in [0.1, 0.15) is 119 Å². The van der Waals surface area contributed by atoms with Gasteiger partial charge in [0, 0.05) is 0 Å². The van der Waals surface area contributed by atoms with Crippen molar-refractivity contribution in [3.8, 4) is 0 Å². The van der Waals surface area contributed by atoms with Crippen LogP contribution in [-0.2, 0) is 0 Å². The molecule has 4 rings (SSSR count). The van der Waals surface area contributed by atoms with Crippen LogP contribution >= 0.6 is 0 Å². The van der Waals surface area contributed by atoms with Crippen LogP contribution in [0.5, 0.6) is 0 Å². The second-order valence-corrected chi connectivity index (χ2v) is 13.6. The highest BCUT2D eigenvalue weighted by atomic mass is 16.3. The zero-order valence-electron chi connectivity index (χ0n) is 22.3. The molecule has 0 heterocycles. The van der Waals surface area contributed by atoms with Gasteiger partial charge in [0.25, 0.3) is 0 Å². The van der Waals surface area contributed by atoms with E-state index in [1.165, 1.54) is 64.2 Å². The molecule has 1 saturated carbocycles. The third-order valence-electron chi connectivity index (χ3n) is 10.6. The fourth-order valence-electron chi connectivity index (χ4n) is 8.91. The Balaban J connectivity index is 1.56. The molecule has 4 aliphatic carbocycles. The van der Waals surface area contributed by atoms with Gasteiger partial charge in [-0.25, -0.2) is 0 Å². The maximum Gasteiger partial charge on any atom is 0.0571 e. The Labute approximate surface area is 199 Å². The Morgan fingerprint density at radius 2 is 1.69 bits per heavy atom. The minimum Gasteiger partial charge on any atom is -0.393 e. The highest BCUT2D eigenvalue weighted by Crippen LogP contribution is 2.65. The summed E-state index contributed by atoms with van der Waals surface area (Å²) in [5.41, 5.74) is 6.12. The summed E-state index contributed by atoms with van der Waals surface area (Å²) in [5, 5.41) is 10.9. The molecule has 1 nitrogen and oxygen atoms in total. The Hall–Kier alpha value is -0.560. The van der Waals surface area contributed by atoms with E-state index >= 15 is 0 Å². The van der Waals surface area contributed by atoms with Gasteiger partial charge < -0.3 is 5.11 Å². The Morgan fingerprint density at radius 3 is 2.38 bits per heavy atom. The minimum atomic E-state index is -0.0757. The molecule has 0 saturated heterocycles. The van der Waals surface area contributed by atoms with E-state index in [9.17, 15) is 5.11 Å². The lowest BCUT2D eigenvalue weighted by Crippen LogP contribution is -2.49. The molecule has 0 bridgehead atoms. The van der Waals surface area contributed by atoms with Gasteiger partial charge in [0.05, 0.1) is 6.10 Å². The van der Waals surface area contributed by atoms with E-state index in [-0.39, 0.29) is 6.10 Å². The highest BCUT2D eigenvalue weighted by molar-refractivity contribution is 5.49. The van der Waals surface area contributed by atoms with Gasteiger partial charge in [-0.1, -0.05) is 79.4 Å². The predicted molar refractivity (Wildman–Crippen MR) is 137 cm³/mol. The highest BCUT2D eigenvalue weighted by Gasteiger charge is 2.55. The van der Waals surface area contributed by atoms with Crippen LogP contribution in [-0.4, -0.2) is 11.2 Å². The monoisotopic (exact) mass is 440 g/mol. The number of aliphatic hydroxyl groups excluding tert-OH is 1. The lowest BCUT2D eigenvalue weighted by Gasteiger charge is -2.56. The quantitative estimate of drug-likeness (QED) is 0.419. The molecule has 0 spiro atoms. The predicted octanol–water partition coefficient (Wildman–Crippen LogP) is 8.73. The summed E-state index contributed by atoms with van der Waals surface area (Å²) in [4.78, 5) is 0. The number of rotatable bonds is 7. The van der Waals surface area contributed by atoms with Crippen molar-refractivity contribution in [1.82, 2.24) is 0 Å². The molecule has 0 aromatic carbocycles. The van der Waals surface area contributed by atoms with E-state index in [1.807, 2.05) is 5.57 Å². The van der Waals surface area contributed by atoms with Crippen molar-refractivity contribution >= 4 is 0 Å². The van der Waals surface area contributed by atoms with E-state index in [0.717, 1.165) is 24.2 Å². The molecule has 2 unspecified atom stereocenters. The number of hydrogen-bond donors (Lipinski definition) is 1. The fraction of sp³-hybridized carbons (Fsp3) is 0.871. The second kappa shape index (κ2) is 9.24. The van der Waals surface area contributed by atoms with Gasteiger partial charge >= 0.3 is 0 Å². The van der Waals surface area contributed by atoms with Crippen LogP contribution < -0.4 is 0 Å². The molecule has 1 N–H and O–H groups in total. The first-order chi connectivity index (χ1) is 15.1. The molecule has 0 aliphatic heterocycles. The number of allylic oxidation sites excluding steroid dienone is 4. The van der Waals surface area contributed by atoms with Crippen molar-refractivity contribution in [3.63, 3.8) is 0 Å². The third kappa shape index (κ3) is 4.18. The van der Waals surface area contributed by atoms with Crippen molar-refractivity contribution in [2.75, 3.05) is 0 Å². The Morgan fingerprint density at radius 1 is 0.938 bits per heavy atom. The van der Waals surface area contributed by atoms with Crippen LogP contribution in [0.4, 0.5) is 0 Å². The zero-order chi connectivity index (χ0) is 23.3. The molecule has 0 aromatic heterocycles. The summed E-state index contributed by atoms with van der Waals surface area (Å²) in [7, 11) is 0. The number of aliphatic hydroxyl groups is 1. The molecule has 32 heavy (non-hydrogen) atoms. The lowest BCUT2D eigenvalue weighted by atomic mass is 9.49. The van der Waals surface area contributed by atoms with E-state index in [1.54, 1.807) is 11.1 Å². The van der Waals surface area contributed by atoms with Crippen molar-refractivity contribution in [2.24, 2.45) is 46.3 Å². The largest absolute Gasteiger partial charge is 0.393 e. The van der Waals surface area contributed by atoms with Gasteiger partial charge in [0.15, 0.2) is 0 Å². The first-order valence-electron chi connectivity index (χ1n) is 14.2. The summed E-state index contributed by atoms with van der Waals surface area (Å²) in [5.74, 6) is 4.37. The molecular weight excluding hydrogens is 388 g/mol. The fourth-order valence-corrected chi connectivity index (χ4v) is 8.91. The van der Waals surface area contributed by atoms with Crippen molar-refractivity contribution < 1.29 is 5.11 Å². The summed E-state index contributed by atoms with van der Waals surface area (Å²) < 4.78 is 0. The summed E-state index contributed by atoms with van der Waals surface area (Å²) in [6.07, 6.45) is 16.7. The molecule has 0 amide bonds. The van der Waals surface area contributed by atoms with E-state index in [4.69, 9.17) is 0 Å². The molecule has 4 aliphatic rings. The van der Waals surface area contributed by atoms with E-state index in [0.29, 0.717) is 28.6 Å². The first kappa shape index (κ1) is 24.6. The van der Waals surface area contributed by atoms with Crippen molar-refractivity contribution in [3.05, 3.63) is 22.8 Å². The van der Waals surface area contributed by atoms with Crippen molar-refractivity contribution in [2.45, 2.75) is 125 Å². The minimum absolute atomic E-state index is 0.0757. The third-order valence-corrected chi connectivity index (χ3v) is 10.6. The maximum absolute atomic E-state index is 10.9. The zero-order valence-corrected chi connectivity index (χ0v) is 22.3. The summed E-state index contributed by atoms with van der Waals surface area (Å²) in [6.45, 7) is 17.2. The van der Waals surface area contributed by atoms with Crippen LogP contribution in [0.2, 0.25) is 0 Å². The van der Waals surface area contributed by atoms with Gasteiger partial charge in [0.1, 0.15) is 0 Å². The second-order valence-electron chi connectivity index (χ2n) is 13.6. The average molecular weight is 441 g/mol. The molecule has 0 radical (unpaired) electrons. The Bertz CT molecular complexity index is 742. The topological polar surface area (TPSA) is 20.2 Å². The van der Waals surface area contributed by atoms with E-state index in [2.05, 4.69) is 54.5 Å². The number of hydrogen-bond acceptors (Lipinski definition) is 1. The van der Waals surface area contributed by atoms with E-state index < -0.39 is 0 Å². The number of fused-ring (bicyclic) bond motifs is 4. The van der Waals surface area contributed by atoms with Crippen LogP contribution in [0, 0.1) is 46.3 Å². The van der Waals surface area contributed by atoms with Crippen LogP contribution in [0.25, 0.3) is 0 Å². The average Bonchev–Trinajstić information content (AvgIpc) is 3.07. The molecule has 1 fully saturated rings. The molecular formula is C31H52O. The smallest absolute Gasteiger partial charge is 0.0571 e. The first-order valence-corrected chi connectivity index (χ1v) is 14.2. The van der Waals surface area contributed by atoms with Gasteiger partial charge in [-0.2, -0.15) is 0 Å². The standard InChI is InChI=1S/C31H52O/c1-20(2)9-8-10-22(5)25-13-14-26-23-11-12-27-24(19-21(3)4)29(32)16-18-31(27,7)28(23)15-17-30(25,26)6/h14,20-22,24-25,27,29,32H,8-13,15-19H2,1-7H3/t22-,24?,25-,27?,29+,30-,31+/m1/s1. The van der Waals surface area contributed by atoms with Crippen molar-refractivity contribution in [1.29, 1.82) is 0 Å². The van der Waals surface area contributed by atoms with Crippen LogP contribution in [0.15, 0.2) is 22.8 Å². The van der Waals surface area contributed by atoms with Gasteiger partial charge in [-0.05, 0) is 109 Å². The van der Waals surface area contributed by atoms with Gasteiger partial charge in [-0.3, -0.25) is 0 Å². The molecule has 7 atom stereocenters. The summed E-state index contributed by atoms with van der Waals surface area (Å²) >= 11 is 0. The molecule has 0 aromatic rings. The lowest BCUT2D eigenvalue weighted by molar-refractivity contribution is -0.0453. The Kier molecular flexibility index (Phi) is 7.09. The maximum atomic E-state index is 10.9. The normalized spacial score (nSPS) is 40.2. The van der Waals surface area contributed by atoms with Crippen LogP contribution in [0.3, 0.4) is 0 Å². The summed E-state index contributed by atoms with van der Waals surface area (Å²) in [6, 6.07) is 0.